The van der Waals surface area contributed by atoms with Crippen molar-refractivity contribution in [1.82, 2.24) is 10.2 Å². The Bertz CT molecular complexity index is 1370. The van der Waals surface area contributed by atoms with Gasteiger partial charge in [-0.2, -0.15) is 13.2 Å². The Labute approximate surface area is 243 Å². The fourth-order valence-corrected chi connectivity index (χ4v) is 8.71. The second kappa shape index (κ2) is 12.0. The van der Waals surface area contributed by atoms with Crippen LogP contribution in [0.5, 0.6) is 0 Å². The lowest BCUT2D eigenvalue weighted by molar-refractivity contribution is -0.137. The second-order valence-corrected chi connectivity index (χ2v) is 14.2. The van der Waals surface area contributed by atoms with Gasteiger partial charge in [0.15, 0.2) is 9.84 Å². The van der Waals surface area contributed by atoms with Gasteiger partial charge < -0.3 is 5.32 Å². The molecule has 1 aliphatic heterocycles. The third-order valence-electron chi connectivity index (χ3n) is 8.56. The molecule has 1 aliphatic carbocycles. The van der Waals surface area contributed by atoms with Crippen LogP contribution in [-0.2, 0) is 27.3 Å². The maximum absolute atomic E-state index is 14.2. The Morgan fingerprint density at radius 1 is 0.900 bits per heavy atom. The molecule has 40 heavy (non-hydrogen) atoms. The van der Waals surface area contributed by atoms with E-state index in [0.29, 0.717) is 30.4 Å². The predicted molar refractivity (Wildman–Crippen MR) is 155 cm³/mol. The number of alkyl halides is 3. The van der Waals surface area contributed by atoms with Crippen molar-refractivity contribution >= 4 is 25.8 Å². The summed E-state index contributed by atoms with van der Waals surface area (Å²) in [5.41, 5.74) is 1.10. The van der Waals surface area contributed by atoms with Gasteiger partial charge >= 0.3 is 6.18 Å². The normalized spacial score (nSPS) is 23.9. The van der Waals surface area contributed by atoms with E-state index < -0.39 is 26.3 Å². The molecule has 1 N–H and O–H groups in total. The van der Waals surface area contributed by atoms with Crippen LogP contribution in [0.4, 0.5) is 13.2 Å². The van der Waals surface area contributed by atoms with Gasteiger partial charge in [0.05, 0.1) is 10.5 Å². The van der Waals surface area contributed by atoms with Crippen molar-refractivity contribution in [2.75, 3.05) is 19.6 Å². The van der Waals surface area contributed by atoms with E-state index in [9.17, 15) is 21.6 Å². The van der Waals surface area contributed by atoms with Crippen LogP contribution in [0.25, 0.3) is 0 Å². The first-order valence-electron chi connectivity index (χ1n) is 13.8. The standard InChI is InChI=1S/C31H34BrF3N2O2S/c32-27-10-6-25(7-11-27)30(40(38,39)29-12-8-26(9-13-29)31(33,34)35)17-14-24(15-18-30)22-37(28-16-19-36-20-28)21-23-4-2-1-3-5-23/h1-13,24,28,36H,14-22H2. The van der Waals surface area contributed by atoms with E-state index >= 15 is 0 Å². The van der Waals surface area contributed by atoms with Crippen LogP contribution >= 0.6 is 15.9 Å². The summed E-state index contributed by atoms with van der Waals surface area (Å²) in [5.74, 6) is 0.329. The molecule has 0 bridgehead atoms. The zero-order valence-electron chi connectivity index (χ0n) is 22.2. The van der Waals surface area contributed by atoms with Gasteiger partial charge in [0.1, 0.15) is 4.75 Å². The summed E-state index contributed by atoms with van der Waals surface area (Å²) >= 11 is 3.44. The number of hydrogen-bond acceptors (Lipinski definition) is 4. The largest absolute Gasteiger partial charge is 0.416 e. The summed E-state index contributed by atoms with van der Waals surface area (Å²) in [4.78, 5) is 2.47. The molecule has 0 aromatic heterocycles. The molecule has 0 radical (unpaired) electrons. The molecule has 9 heteroatoms. The highest BCUT2D eigenvalue weighted by Crippen LogP contribution is 2.49. The Balaban J connectivity index is 1.40. The Morgan fingerprint density at radius 3 is 2.12 bits per heavy atom. The molecule has 2 aliphatic rings. The molecule has 214 valence electrons. The summed E-state index contributed by atoms with van der Waals surface area (Å²) in [6, 6.07) is 22.1. The smallest absolute Gasteiger partial charge is 0.315 e. The van der Waals surface area contributed by atoms with Crippen LogP contribution in [0, 0.1) is 5.92 Å². The molecule has 0 spiro atoms. The van der Waals surface area contributed by atoms with Gasteiger partial charge in [-0.05, 0) is 92.1 Å². The van der Waals surface area contributed by atoms with E-state index in [2.05, 4.69) is 50.4 Å². The Kier molecular flexibility index (Phi) is 8.76. The van der Waals surface area contributed by atoms with Crippen molar-refractivity contribution in [3.8, 4) is 0 Å². The van der Waals surface area contributed by atoms with E-state index in [4.69, 9.17) is 0 Å². The summed E-state index contributed by atoms with van der Waals surface area (Å²) in [7, 11) is -3.97. The average molecular weight is 636 g/mol. The fourth-order valence-electron chi connectivity index (χ4n) is 6.28. The molecule has 1 heterocycles. The number of halogens is 4. The molecule has 3 aromatic rings. The monoisotopic (exact) mass is 634 g/mol. The van der Waals surface area contributed by atoms with Gasteiger partial charge in [-0.25, -0.2) is 8.42 Å². The lowest BCUT2D eigenvalue weighted by Gasteiger charge is -2.42. The van der Waals surface area contributed by atoms with Crippen molar-refractivity contribution in [3.05, 3.63) is 100 Å². The molecule has 0 amide bonds. The molecule has 1 saturated carbocycles. The highest BCUT2D eigenvalue weighted by atomic mass is 79.9. The summed E-state index contributed by atoms with van der Waals surface area (Å²) < 4.78 is 67.6. The van der Waals surface area contributed by atoms with Crippen LogP contribution in [0.15, 0.2) is 88.2 Å². The SMILES string of the molecule is O=S(=O)(c1ccc(C(F)(F)F)cc1)C1(c2ccc(Br)cc2)CCC(CN(Cc2ccccc2)C2CCNC2)CC1. The zero-order valence-corrected chi connectivity index (χ0v) is 24.6. The Hall–Kier alpha value is -2.20. The van der Waals surface area contributed by atoms with Gasteiger partial charge in [0.25, 0.3) is 0 Å². The van der Waals surface area contributed by atoms with Gasteiger partial charge in [-0.15, -0.1) is 0 Å². The number of benzene rings is 3. The minimum atomic E-state index is -4.52. The minimum Gasteiger partial charge on any atom is -0.315 e. The first-order valence-corrected chi connectivity index (χ1v) is 16.0. The van der Waals surface area contributed by atoms with E-state index in [0.717, 1.165) is 74.2 Å². The second-order valence-electron chi connectivity index (χ2n) is 11.0. The van der Waals surface area contributed by atoms with Crippen molar-refractivity contribution in [1.29, 1.82) is 0 Å². The molecule has 1 unspecified atom stereocenters. The number of nitrogens with zero attached hydrogens (tertiary/aromatic N) is 1. The highest BCUT2D eigenvalue weighted by molar-refractivity contribution is 9.10. The summed E-state index contributed by atoms with van der Waals surface area (Å²) in [5, 5.41) is 3.47. The fraction of sp³-hybridized carbons (Fsp3) is 0.419. The molecule has 2 fully saturated rings. The number of nitrogens with one attached hydrogen (secondary N) is 1. The first kappa shape index (κ1) is 29.3. The van der Waals surface area contributed by atoms with Crippen LogP contribution in [0.2, 0.25) is 0 Å². The quantitative estimate of drug-likeness (QED) is 0.285. The maximum atomic E-state index is 14.2. The number of rotatable bonds is 8. The van der Waals surface area contributed by atoms with Gasteiger partial charge in [0, 0.05) is 30.1 Å². The van der Waals surface area contributed by atoms with E-state index in [1.807, 2.05) is 30.3 Å². The number of hydrogen-bond donors (Lipinski definition) is 1. The molecule has 4 nitrogen and oxygen atoms in total. The first-order chi connectivity index (χ1) is 19.1. The van der Waals surface area contributed by atoms with Gasteiger partial charge in [0.2, 0.25) is 0 Å². The third kappa shape index (κ3) is 6.17. The topological polar surface area (TPSA) is 49.4 Å². The molecular weight excluding hydrogens is 601 g/mol. The molecule has 1 atom stereocenters. The number of sulfone groups is 1. The van der Waals surface area contributed by atoms with E-state index in [1.165, 1.54) is 5.56 Å². The van der Waals surface area contributed by atoms with Crippen molar-refractivity contribution in [2.45, 2.75) is 60.5 Å². The summed E-state index contributed by atoms with van der Waals surface area (Å²) in [6.45, 7) is 3.69. The molecule has 1 saturated heterocycles. The predicted octanol–water partition coefficient (Wildman–Crippen LogP) is 7.19. The lowest BCUT2D eigenvalue weighted by Crippen LogP contribution is -2.44. The van der Waals surface area contributed by atoms with Crippen molar-refractivity contribution in [2.24, 2.45) is 5.92 Å². The molecular formula is C31H34BrF3N2O2S. The van der Waals surface area contributed by atoms with Crippen LogP contribution in [0.3, 0.4) is 0 Å². The highest BCUT2D eigenvalue weighted by Gasteiger charge is 2.49. The molecule has 3 aromatic carbocycles. The van der Waals surface area contributed by atoms with Crippen molar-refractivity contribution < 1.29 is 21.6 Å². The van der Waals surface area contributed by atoms with Crippen LogP contribution in [-0.4, -0.2) is 39.0 Å². The lowest BCUT2D eigenvalue weighted by atomic mass is 9.77. The zero-order chi connectivity index (χ0) is 28.4. The van der Waals surface area contributed by atoms with Crippen LogP contribution < -0.4 is 5.32 Å². The van der Waals surface area contributed by atoms with E-state index in [1.54, 1.807) is 0 Å². The third-order valence-corrected chi connectivity index (χ3v) is 11.7. The summed E-state index contributed by atoms with van der Waals surface area (Å²) in [6.07, 6.45) is -1.15. The van der Waals surface area contributed by atoms with Gasteiger partial charge in [-0.3, -0.25) is 4.90 Å². The maximum Gasteiger partial charge on any atom is 0.416 e. The van der Waals surface area contributed by atoms with Crippen LogP contribution in [0.1, 0.15) is 48.8 Å². The van der Waals surface area contributed by atoms with Crippen molar-refractivity contribution in [3.63, 3.8) is 0 Å². The van der Waals surface area contributed by atoms with E-state index in [-0.39, 0.29) is 4.90 Å². The molecule has 5 rings (SSSR count). The Morgan fingerprint density at radius 2 is 1.55 bits per heavy atom. The minimum absolute atomic E-state index is 0.0652. The average Bonchev–Trinajstić information content (AvgIpc) is 3.49. The van der Waals surface area contributed by atoms with Gasteiger partial charge in [-0.1, -0.05) is 58.4 Å².